The van der Waals surface area contributed by atoms with Crippen molar-refractivity contribution in [2.45, 2.75) is 6.36 Å². The Bertz CT molecular complexity index is 160. The molecule has 0 heterocycles. The number of carbonyl (C=O) groups is 2. The van der Waals surface area contributed by atoms with Crippen LogP contribution in [0.4, 0.5) is 13.2 Å². The third-order valence-corrected chi connectivity index (χ3v) is 0.383. The van der Waals surface area contributed by atoms with Crippen LogP contribution in [-0.2, 0) is 14.3 Å². The van der Waals surface area contributed by atoms with Crippen molar-refractivity contribution in [3.05, 3.63) is 0 Å². The Kier molecular flexibility index (Phi) is 2.22. The second kappa shape index (κ2) is 2.54. The predicted molar refractivity (Wildman–Crippen MR) is 19.8 cm³/mol. The van der Waals surface area contributed by atoms with Gasteiger partial charge >= 0.3 is 18.3 Å². The van der Waals surface area contributed by atoms with E-state index in [1.54, 1.807) is 0 Å². The van der Waals surface area contributed by atoms with Crippen molar-refractivity contribution in [1.82, 2.24) is 0 Å². The molecule has 0 aromatic heterocycles. The molecule has 0 aromatic carbocycles. The highest BCUT2D eigenvalue weighted by molar-refractivity contribution is 6.28. The van der Waals surface area contributed by atoms with Crippen molar-refractivity contribution < 1.29 is 32.6 Å². The summed E-state index contributed by atoms with van der Waals surface area (Å²) in [5, 5.41) is 7.57. The van der Waals surface area contributed by atoms with Crippen molar-refractivity contribution in [3.8, 4) is 0 Å². The Morgan fingerprint density at radius 2 is 1.70 bits per heavy atom. The number of alkyl halides is 3. The molecule has 0 radical (unpaired) electrons. The van der Waals surface area contributed by atoms with Gasteiger partial charge in [0.15, 0.2) is 0 Å². The van der Waals surface area contributed by atoms with E-state index in [9.17, 15) is 22.8 Å². The van der Waals surface area contributed by atoms with Crippen molar-refractivity contribution in [1.29, 1.82) is 0 Å². The quantitative estimate of drug-likeness (QED) is 0.402. The van der Waals surface area contributed by atoms with E-state index in [2.05, 4.69) is 4.74 Å². The summed E-state index contributed by atoms with van der Waals surface area (Å²) in [6.07, 6.45) is -5.23. The molecule has 0 saturated heterocycles. The first kappa shape index (κ1) is 8.73. The number of carboxylic acid groups (broad SMARTS) is 1. The fraction of sp³-hybridized carbons (Fsp3) is 0.333. The molecule has 0 bridgehead atoms. The standard InChI is InChI=1S/C3HF3O4/c4-3(5,6)10-2(9)1(7)8/h(H,7,8). The zero-order valence-corrected chi connectivity index (χ0v) is 4.31. The van der Waals surface area contributed by atoms with E-state index >= 15 is 0 Å². The number of ether oxygens (including phenoxy) is 1. The number of esters is 1. The van der Waals surface area contributed by atoms with Crippen molar-refractivity contribution in [2.24, 2.45) is 0 Å². The van der Waals surface area contributed by atoms with Gasteiger partial charge in [-0.3, -0.25) is 0 Å². The van der Waals surface area contributed by atoms with Gasteiger partial charge in [0, 0.05) is 0 Å². The average Bonchev–Trinajstić information content (AvgIpc) is 1.60. The lowest BCUT2D eigenvalue weighted by molar-refractivity contribution is -0.305. The van der Waals surface area contributed by atoms with Crippen LogP contribution in [0.25, 0.3) is 0 Å². The fourth-order valence-electron chi connectivity index (χ4n) is 0.149. The van der Waals surface area contributed by atoms with Gasteiger partial charge in [0.2, 0.25) is 0 Å². The molecule has 4 nitrogen and oxygen atoms in total. The maximum absolute atomic E-state index is 11.0. The minimum absolute atomic E-state index is 2.28. The molecule has 0 atom stereocenters. The lowest BCUT2D eigenvalue weighted by Crippen LogP contribution is -2.25. The molecule has 0 aromatic rings. The van der Waals surface area contributed by atoms with Crippen LogP contribution in [0.15, 0.2) is 0 Å². The first-order chi connectivity index (χ1) is 4.33. The predicted octanol–water partition coefficient (Wildman–Crippen LogP) is 0.134. The summed E-state index contributed by atoms with van der Waals surface area (Å²) in [5.41, 5.74) is 0. The van der Waals surface area contributed by atoms with E-state index in [-0.39, 0.29) is 0 Å². The third-order valence-electron chi connectivity index (χ3n) is 0.383. The third kappa shape index (κ3) is 3.70. The highest BCUT2D eigenvalue weighted by Gasteiger charge is 2.36. The molecule has 0 aliphatic carbocycles. The molecule has 0 rings (SSSR count). The SMILES string of the molecule is O=C(O)C(=O)OC(F)(F)F. The number of halogens is 3. The molecule has 1 N–H and O–H groups in total. The molecule has 7 heteroatoms. The van der Waals surface area contributed by atoms with E-state index in [1.807, 2.05) is 0 Å². The zero-order valence-electron chi connectivity index (χ0n) is 4.31. The lowest BCUT2D eigenvalue weighted by atomic mass is 10.7. The lowest BCUT2D eigenvalue weighted by Gasteiger charge is -2.02. The molecule has 0 spiro atoms. The molecule has 0 fully saturated rings. The smallest absolute Gasteiger partial charge is 0.473 e. The molecule has 0 aliphatic rings. The van der Waals surface area contributed by atoms with Crippen molar-refractivity contribution >= 4 is 11.9 Å². The maximum Gasteiger partial charge on any atom is 0.575 e. The van der Waals surface area contributed by atoms with E-state index < -0.39 is 18.3 Å². The van der Waals surface area contributed by atoms with E-state index in [0.717, 1.165) is 0 Å². The van der Waals surface area contributed by atoms with E-state index in [4.69, 9.17) is 5.11 Å². The summed E-state index contributed by atoms with van der Waals surface area (Å²) in [7, 11) is 0. The highest BCUT2D eigenvalue weighted by Crippen LogP contribution is 2.15. The Morgan fingerprint density at radius 3 is 1.80 bits per heavy atom. The Labute approximate surface area is 52.2 Å². The number of carboxylic acids is 1. The second-order valence-corrected chi connectivity index (χ2v) is 1.14. The van der Waals surface area contributed by atoms with Crippen molar-refractivity contribution in [2.75, 3.05) is 0 Å². The number of aliphatic carboxylic acids is 1. The van der Waals surface area contributed by atoms with Gasteiger partial charge in [-0.05, 0) is 0 Å². The van der Waals surface area contributed by atoms with Gasteiger partial charge in [0.25, 0.3) is 0 Å². The van der Waals surface area contributed by atoms with Gasteiger partial charge in [-0.2, -0.15) is 0 Å². The highest BCUT2D eigenvalue weighted by atomic mass is 19.4. The Morgan fingerprint density at radius 1 is 1.30 bits per heavy atom. The molecule has 58 valence electrons. The molecular formula is C3HF3O4. The minimum atomic E-state index is -5.23. The summed E-state index contributed by atoms with van der Waals surface area (Å²) in [6.45, 7) is 0. The van der Waals surface area contributed by atoms with Gasteiger partial charge < -0.3 is 9.84 Å². The van der Waals surface area contributed by atoms with Crippen LogP contribution in [0.3, 0.4) is 0 Å². The van der Waals surface area contributed by atoms with Crippen molar-refractivity contribution in [3.63, 3.8) is 0 Å². The summed E-state index contributed by atoms with van der Waals surface area (Å²) in [6, 6.07) is 0. The van der Waals surface area contributed by atoms with E-state index in [0.29, 0.717) is 0 Å². The topological polar surface area (TPSA) is 63.6 Å². The monoisotopic (exact) mass is 158 g/mol. The number of hydrogen-bond acceptors (Lipinski definition) is 3. The van der Waals surface area contributed by atoms with Gasteiger partial charge in [-0.25, -0.2) is 9.59 Å². The summed E-state index contributed by atoms with van der Waals surface area (Å²) in [4.78, 5) is 19.0. The average molecular weight is 158 g/mol. The number of rotatable bonds is 0. The molecular weight excluding hydrogens is 157 g/mol. The molecule has 0 aliphatic heterocycles. The molecule has 0 unspecified atom stereocenters. The van der Waals surface area contributed by atoms with E-state index in [1.165, 1.54) is 0 Å². The van der Waals surface area contributed by atoms with Gasteiger partial charge in [0.1, 0.15) is 0 Å². The number of carbonyl (C=O) groups excluding carboxylic acids is 1. The Hall–Kier alpha value is -1.27. The largest absolute Gasteiger partial charge is 0.575 e. The summed E-state index contributed by atoms with van der Waals surface area (Å²) in [5.74, 6) is -4.62. The minimum Gasteiger partial charge on any atom is -0.473 e. The van der Waals surface area contributed by atoms with Crippen LogP contribution in [0, 0.1) is 0 Å². The fourth-order valence-corrected chi connectivity index (χ4v) is 0.149. The van der Waals surface area contributed by atoms with Crippen LogP contribution in [0.5, 0.6) is 0 Å². The maximum atomic E-state index is 11.0. The molecule has 0 saturated carbocycles. The Balaban J connectivity index is 3.93. The van der Waals surface area contributed by atoms with Gasteiger partial charge in [0.05, 0.1) is 0 Å². The summed E-state index contributed by atoms with van der Waals surface area (Å²) < 4.78 is 35.3. The number of hydrogen-bond donors (Lipinski definition) is 1. The van der Waals surface area contributed by atoms with Gasteiger partial charge in [-0.1, -0.05) is 0 Å². The van der Waals surface area contributed by atoms with Crippen LogP contribution >= 0.6 is 0 Å². The molecule has 10 heavy (non-hydrogen) atoms. The molecule has 0 amide bonds. The first-order valence-electron chi connectivity index (χ1n) is 1.86. The first-order valence-corrected chi connectivity index (χ1v) is 1.86. The van der Waals surface area contributed by atoms with Crippen LogP contribution < -0.4 is 0 Å². The second-order valence-electron chi connectivity index (χ2n) is 1.14. The normalized spacial score (nSPS) is 10.7. The van der Waals surface area contributed by atoms with Gasteiger partial charge in [-0.15, -0.1) is 13.2 Å². The zero-order chi connectivity index (χ0) is 8.36. The summed E-state index contributed by atoms with van der Waals surface area (Å²) >= 11 is 0. The van der Waals surface area contributed by atoms with Crippen LogP contribution in [-0.4, -0.2) is 23.4 Å². The van der Waals surface area contributed by atoms with Crippen LogP contribution in [0.2, 0.25) is 0 Å². The van der Waals surface area contributed by atoms with Crippen LogP contribution in [0.1, 0.15) is 0 Å².